The van der Waals surface area contributed by atoms with Gasteiger partial charge in [-0.2, -0.15) is 5.26 Å². The molecule has 2 atom stereocenters. The first-order valence-corrected chi connectivity index (χ1v) is 11.4. The van der Waals surface area contributed by atoms with Gasteiger partial charge in [0, 0.05) is 11.5 Å². The van der Waals surface area contributed by atoms with Gasteiger partial charge in [-0.1, -0.05) is 91.0 Å². The number of carbonyl (C=O) groups excluding carboxylic acids is 1. The molecule has 0 saturated carbocycles. The van der Waals surface area contributed by atoms with Gasteiger partial charge in [-0.05, 0) is 28.0 Å². The molecular formula is C30H27NO4. The summed E-state index contributed by atoms with van der Waals surface area (Å²) in [6.07, 6.45) is 0. The van der Waals surface area contributed by atoms with E-state index in [1.807, 2.05) is 97.1 Å². The van der Waals surface area contributed by atoms with Crippen molar-refractivity contribution in [3.63, 3.8) is 0 Å². The smallest absolute Gasteiger partial charge is 0.329 e. The maximum Gasteiger partial charge on any atom is 0.329 e. The zero-order valence-electron chi connectivity index (χ0n) is 19.8. The van der Waals surface area contributed by atoms with E-state index in [4.69, 9.17) is 14.2 Å². The Kier molecular flexibility index (Phi) is 7.45. The van der Waals surface area contributed by atoms with Crippen LogP contribution in [0.4, 0.5) is 0 Å². The number of methoxy groups -OCH3 is 2. The fourth-order valence-corrected chi connectivity index (χ4v) is 4.59. The topological polar surface area (TPSA) is 68.6 Å². The zero-order valence-corrected chi connectivity index (χ0v) is 19.8. The lowest BCUT2D eigenvalue weighted by Crippen LogP contribution is -2.42. The zero-order chi connectivity index (χ0) is 24.7. The number of hydrogen-bond acceptors (Lipinski definition) is 5. The summed E-state index contributed by atoms with van der Waals surface area (Å²) in [7, 11) is 2.88. The molecule has 0 N–H and O–H groups in total. The van der Waals surface area contributed by atoms with Gasteiger partial charge in [-0.25, -0.2) is 0 Å². The molecule has 0 radical (unpaired) electrons. The molecule has 0 fully saturated rings. The number of nitrogens with zero attached hydrogens (tertiary/aromatic N) is 1. The van der Waals surface area contributed by atoms with Crippen LogP contribution < -0.4 is 4.74 Å². The summed E-state index contributed by atoms with van der Waals surface area (Å²) in [4.78, 5) is 13.5. The van der Waals surface area contributed by atoms with Gasteiger partial charge in [0.1, 0.15) is 5.75 Å². The summed E-state index contributed by atoms with van der Waals surface area (Å²) in [6.45, 7) is 0.104. The standard InChI is InChI=1S/C30H27NO4/c1-33-27-18-9-8-16-26(27)28(25-17-10-14-23-13-6-7-15-24(23)25)30(20-31,29(32)34-2)21-35-19-22-11-4-3-5-12-22/h3-18,28H,19,21H2,1-2H3/t28-,30+/m1/s1. The van der Waals surface area contributed by atoms with Gasteiger partial charge in [0.2, 0.25) is 0 Å². The molecular weight excluding hydrogens is 438 g/mol. The van der Waals surface area contributed by atoms with Crippen molar-refractivity contribution in [2.45, 2.75) is 12.5 Å². The Morgan fingerprint density at radius 3 is 2.26 bits per heavy atom. The molecule has 5 heteroatoms. The Balaban J connectivity index is 1.91. The average Bonchev–Trinajstić information content (AvgIpc) is 2.92. The molecule has 0 saturated heterocycles. The quantitative estimate of drug-likeness (QED) is 0.289. The van der Waals surface area contributed by atoms with Crippen molar-refractivity contribution in [3.05, 3.63) is 114 Å². The molecule has 0 aliphatic heterocycles. The first-order chi connectivity index (χ1) is 17.1. The Labute approximate surface area is 205 Å². The van der Waals surface area contributed by atoms with E-state index < -0.39 is 17.3 Å². The summed E-state index contributed by atoms with van der Waals surface area (Å²) in [5, 5.41) is 12.6. The number of hydrogen-bond donors (Lipinski definition) is 0. The second-order valence-electron chi connectivity index (χ2n) is 8.30. The van der Waals surface area contributed by atoms with Crippen LogP contribution in [0.5, 0.6) is 5.75 Å². The SMILES string of the molecule is COC(=O)[C@@](C#N)(COCc1ccccc1)[C@@H](c1ccccc1OC)c1cccc2ccccc12. The van der Waals surface area contributed by atoms with Crippen LogP contribution in [0.15, 0.2) is 97.1 Å². The van der Waals surface area contributed by atoms with Crippen LogP contribution in [-0.4, -0.2) is 26.8 Å². The third kappa shape index (κ3) is 4.75. The number of esters is 1. The number of para-hydroxylation sites is 1. The predicted octanol–water partition coefficient (Wildman–Crippen LogP) is 5.88. The van der Waals surface area contributed by atoms with E-state index in [9.17, 15) is 10.1 Å². The summed E-state index contributed by atoms with van der Waals surface area (Å²) >= 11 is 0. The summed E-state index contributed by atoms with van der Waals surface area (Å²) in [5.74, 6) is -0.785. The van der Waals surface area contributed by atoms with Crippen LogP contribution in [0.2, 0.25) is 0 Å². The third-order valence-electron chi connectivity index (χ3n) is 6.27. The molecule has 0 aliphatic carbocycles. The monoisotopic (exact) mass is 465 g/mol. The van der Waals surface area contributed by atoms with E-state index >= 15 is 0 Å². The highest BCUT2D eigenvalue weighted by Gasteiger charge is 2.51. The lowest BCUT2D eigenvalue weighted by atomic mass is 9.68. The second-order valence-corrected chi connectivity index (χ2v) is 8.30. The highest BCUT2D eigenvalue weighted by molar-refractivity contribution is 5.90. The van der Waals surface area contributed by atoms with Crippen molar-refractivity contribution in [2.75, 3.05) is 20.8 Å². The minimum absolute atomic E-state index is 0.156. The van der Waals surface area contributed by atoms with Gasteiger partial charge >= 0.3 is 5.97 Å². The lowest BCUT2D eigenvalue weighted by molar-refractivity contribution is -0.153. The van der Waals surface area contributed by atoms with E-state index in [2.05, 4.69) is 6.07 Å². The minimum atomic E-state index is -1.66. The molecule has 4 aromatic rings. The molecule has 0 bridgehead atoms. The number of ether oxygens (including phenoxy) is 3. The fourth-order valence-electron chi connectivity index (χ4n) is 4.59. The van der Waals surface area contributed by atoms with Crippen molar-refractivity contribution in [1.29, 1.82) is 5.26 Å². The number of benzene rings is 4. The van der Waals surface area contributed by atoms with Crippen molar-refractivity contribution in [3.8, 4) is 11.8 Å². The van der Waals surface area contributed by atoms with Crippen LogP contribution in [0.25, 0.3) is 10.8 Å². The Bertz CT molecular complexity index is 1340. The van der Waals surface area contributed by atoms with E-state index in [-0.39, 0.29) is 13.2 Å². The normalized spacial score (nSPS) is 13.4. The molecule has 0 aromatic heterocycles. The van der Waals surface area contributed by atoms with Crippen LogP contribution in [-0.2, 0) is 20.9 Å². The Hall–Kier alpha value is -4.14. The van der Waals surface area contributed by atoms with E-state index in [1.54, 1.807) is 7.11 Å². The van der Waals surface area contributed by atoms with Crippen LogP contribution in [0, 0.1) is 16.7 Å². The first kappa shape index (κ1) is 24.0. The minimum Gasteiger partial charge on any atom is -0.496 e. The molecule has 35 heavy (non-hydrogen) atoms. The molecule has 5 nitrogen and oxygen atoms in total. The molecule has 0 aliphatic rings. The molecule has 0 unspecified atom stereocenters. The van der Waals surface area contributed by atoms with Crippen molar-refractivity contribution in [1.82, 2.24) is 0 Å². The van der Waals surface area contributed by atoms with Gasteiger partial charge < -0.3 is 14.2 Å². The van der Waals surface area contributed by atoms with Gasteiger partial charge in [0.15, 0.2) is 5.41 Å². The van der Waals surface area contributed by atoms with E-state index in [0.717, 1.165) is 21.9 Å². The van der Waals surface area contributed by atoms with Crippen LogP contribution in [0.1, 0.15) is 22.6 Å². The Morgan fingerprint density at radius 2 is 1.51 bits per heavy atom. The number of carbonyl (C=O) groups is 1. The first-order valence-electron chi connectivity index (χ1n) is 11.4. The predicted molar refractivity (Wildman–Crippen MR) is 135 cm³/mol. The van der Waals surface area contributed by atoms with Gasteiger partial charge in [-0.3, -0.25) is 4.79 Å². The van der Waals surface area contributed by atoms with E-state index in [0.29, 0.717) is 11.3 Å². The second kappa shape index (κ2) is 10.9. The maximum absolute atomic E-state index is 13.5. The largest absolute Gasteiger partial charge is 0.496 e. The average molecular weight is 466 g/mol. The van der Waals surface area contributed by atoms with Gasteiger partial charge in [0.05, 0.1) is 33.5 Å². The van der Waals surface area contributed by atoms with Gasteiger partial charge in [-0.15, -0.1) is 0 Å². The third-order valence-corrected chi connectivity index (χ3v) is 6.27. The molecule has 0 amide bonds. The van der Waals surface area contributed by atoms with Crippen LogP contribution >= 0.6 is 0 Å². The number of nitriles is 1. The summed E-state index contributed by atoms with van der Waals surface area (Å²) in [6, 6.07) is 33.2. The molecule has 0 spiro atoms. The number of fused-ring (bicyclic) bond motifs is 1. The maximum atomic E-state index is 13.5. The number of rotatable bonds is 9. The van der Waals surface area contributed by atoms with Crippen molar-refractivity contribution < 1.29 is 19.0 Å². The van der Waals surface area contributed by atoms with Crippen molar-refractivity contribution >= 4 is 16.7 Å². The molecule has 176 valence electrons. The molecule has 4 rings (SSSR count). The highest BCUT2D eigenvalue weighted by Crippen LogP contribution is 2.47. The lowest BCUT2D eigenvalue weighted by Gasteiger charge is -2.34. The molecule has 0 heterocycles. The highest BCUT2D eigenvalue weighted by atomic mass is 16.5. The molecule has 4 aromatic carbocycles. The van der Waals surface area contributed by atoms with Crippen molar-refractivity contribution in [2.24, 2.45) is 5.41 Å². The van der Waals surface area contributed by atoms with Gasteiger partial charge in [0.25, 0.3) is 0 Å². The van der Waals surface area contributed by atoms with Crippen LogP contribution in [0.3, 0.4) is 0 Å². The Morgan fingerprint density at radius 1 is 0.857 bits per heavy atom. The summed E-state index contributed by atoms with van der Waals surface area (Å²) in [5.41, 5.74) is 0.815. The fraction of sp³-hybridized carbons (Fsp3) is 0.200. The van der Waals surface area contributed by atoms with E-state index in [1.165, 1.54) is 7.11 Å². The summed E-state index contributed by atoms with van der Waals surface area (Å²) < 4.78 is 17.0.